The first-order chi connectivity index (χ1) is 27.5. The van der Waals surface area contributed by atoms with Crippen LogP contribution in [0.25, 0.3) is 32.7 Å². The summed E-state index contributed by atoms with van der Waals surface area (Å²) in [7, 11) is -2.02. The molecule has 0 radical (unpaired) electrons. The van der Waals surface area contributed by atoms with Gasteiger partial charge in [-0.2, -0.15) is 0 Å². The molecule has 0 spiro atoms. The van der Waals surface area contributed by atoms with Crippen molar-refractivity contribution >= 4 is 30.1 Å². The van der Waals surface area contributed by atoms with Gasteiger partial charge in [0, 0.05) is 11.1 Å². The third kappa shape index (κ3) is 10.1. The zero-order valence-electron chi connectivity index (χ0n) is 40.0. The molecule has 6 rings (SSSR count). The lowest BCUT2D eigenvalue weighted by Gasteiger charge is -2.31. The number of fused-ring (bicyclic) bond motifs is 2. The van der Waals surface area contributed by atoms with Crippen LogP contribution in [0, 0.1) is 0 Å². The number of rotatable bonds is 7. The molecule has 0 aliphatic heterocycles. The maximum atomic E-state index is 7.23. The van der Waals surface area contributed by atoms with E-state index in [1.165, 1.54) is 43.8 Å². The molecule has 0 unspecified atom stereocenters. The molecular weight excluding hydrogens is 752 g/mol. The van der Waals surface area contributed by atoms with Gasteiger partial charge in [0.05, 0.1) is 0 Å². The van der Waals surface area contributed by atoms with Crippen LogP contribution in [-0.2, 0) is 32.5 Å². The molecule has 0 saturated carbocycles. The molecule has 0 atom stereocenters. The van der Waals surface area contributed by atoms with Crippen LogP contribution in [0.1, 0.15) is 158 Å². The first-order valence-corrected chi connectivity index (χ1v) is 22.9. The average Bonchev–Trinajstić information content (AvgIpc) is 3.11. The van der Waals surface area contributed by atoms with Crippen LogP contribution < -0.4 is 13.6 Å². The van der Waals surface area contributed by atoms with E-state index in [1.807, 2.05) is 18.2 Å². The normalized spacial score (nSPS) is 13.3. The highest BCUT2D eigenvalue weighted by atomic mass is 31.2. The van der Waals surface area contributed by atoms with Gasteiger partial charge in [0.2, 0.25) is 0 Å². The van der Waals surface area contributed by atoms with Crippen LogP contribution >= 0.6 is 8.60 Å². The Balaban J connectivity index is 1.57. The van der Waals surface area contributed by atoms with Gasteiger partial charge in [-0.05, 0) is 124 Å². The highest BCUT2D eigenvalue weighted by molar-refractivity contribution is 7.43. The van der Waals surface area contributed by atoms with Crippen molar-refractivity contribution in [3.63, 3.8) is 0 Å². The highest BCUT2D eigenvalue weighted by Crippen LogP contribution is 2.51. The fourth-order valence-electron chi connectivity index (χ4n) is 7.86. The van der Waals surface area contributed by atoms with Crippen molar-refractivity contribution in [1.82, 2.24) is 0 Å². The largest absolute Gasteiger partial charge is 0.530 e. The van der Waals surface area contributed by atoms with Crippen LogP contribution in [0.3, 0.4) is 0 Å². The minimum atomic E-state index is -2.02. The molecular formula is C56H71O3P. The summed E-state index contributed by atoms with van der Waals surface area (Å²) in [5, 5.41) is 4.82. The predicted octanol–water partition coefficient (Wildman–Crippen LogP) is 17.2. The average molecular weight is 823 g/mol. The maximum Gasteiger partial charge on any atom is 0.530 e. The Labute approximate surface area is 364 Å². The molecule has 0 aliphatic carbocycles. The van der Waals surface area contributed by atoms with Gasteiger partial charge >= 0.3 is 8.60 Å². The fourth-order valence-corrected chi connectivity index (χ4v) is 8.88. The van der Waals surface area contributed by atoms with E-state index in [1.54, 1.807) is 0 Å². The standard InChI is InChI=1S/C56H71O3P/c1-51(2,3)40-28-38-30-47(55(13,14)15)49(34-43(38)45(32-40)53(7,8)9)58-60(57-42-26-24-37(25-27-42)36-22-20-19-21-23-36)59-50-35-44-39(31-48(50)56(16,17)18)29-41(52(4,5)6)33-46(44)54(10,11)12/h19-35H,1-18H3. The monoisotopic (exact) mass is 823 g/mol. The maximum absolute atomic E-state index is 7.23. The molecule has 0 fully saturated rings. The number of benzene rings is 6. The van der Waals surface area contributed by atoms with E-state index in [4.69, 9.17) is 13.6 Å². The van der Waals surface area contributed by atoms with Crippen molar-refractivity contribution in [2.75, 3.05) is 0 Å². The second-order valence-corrected chi connectivity index (χ2v) is 24.1. The third-order valence-corrected chi connectivity index (χ3v) is 12.6. The Morgan fingerprint density at radius 3 is 1.05 bits per heavy atom. The minimum Gasteiger partial charge on any atom is -0.409 e. The Morgan fingerprint density at radius 1 is 0.333 bits per heavy atom. The van der Waals surface area contributed by atoms with Gasteiger partial charge < -0.3 is 13.6 Å². The van der Waals surface area contributed by atoms with Gasteiger partial charge in [-0.25, -0.2) is 0 Å². The summed E-state index contributed by atoms with van der Waals surface area (Å²) in [6.45, 7) is 41.1. The first kappa shape index (κ1) is 45.2. The minimum absolute atomic E-state index is 0.00308. The van der Waals surface area contributed by atoms with E-state index >= 15 is 0 Å². The van der Waals surface area contributed by atoms with Crippen LogP contribution in [0.4, 0.5) is 0 Å². The van der Waals surface area contributed by atoms with Crippen LogP contribution in [0.2, 0.25) is 0 Å². The summed E-state index contributed by atoms with van der Waals surface area (Å²) in [5.74, 6) is 2.24. The van der Waals surface area contributed by atoms with Crippen molar-refractivity contribution in [3.8, 4) is 28.4 Å². The molecule has 3 nitrogen and oxygen atoms in total. The van der Waals surface area contributed by atoms with Crippen LogP contribution in [0.5, 0.6) is 17.2 Å². The summed E-state index contributed by atoms with van der Waals surface area (Å²) in [4.78, 5) is 0. The molecule has 318 valence electrons. The topological polar surface area (TPSA) is 27.7 Å². The molecule has 0 aliphatic rings. The fraction of sp³-hybridized carbons (Fsp3) is 0.429. The molecule has 4 heteroatoms. The van der Waals surface area contributed by atoms with Crippen molar-refractivity contribution in [1.29, 1.82) is 0 Å². The van der Waals surface area contributed by atoms with Crippen LogP contribution in [0.15, 0.2) is 103 Å². The van der Waals surface area contributed by atoms with Gasteiger partial charge in [-0.3, -0.25) is 0 Å². The predicted molar refractivity (Wildman–Crippen MR) is 261 cm³/mol. The van der Waals surface area contributed by atoms with Gasteiger partial charge in [0.15, 0.2) is 0 Å². The van der Waals surface area contributed by atoms with Gasteiger partial charge in [0.1, 0.15) is 17.2 Å². The molecule has 6 aromatic rings. The summed E-state index contributed by atoms with van der Waals surface area (Å²) < 4.78 is 21.4. The SMILES string of the molecule is CC(C)(C)c1cc(C(C)(C)C)c2cc(OP(Oc3ccc(-c4ccccc4)cc3)Oc3cc4c(C(C)(C)C)cc(C(C)(C)C)cc4cc3C(C)(C)C)c(C(C)(C)C)cc2c1. The van der Waals surface area contributed by atoms with E-state index in [2.05, 4.69) is 210 Å². The van der Waals surface area contributed by atoms with Gasteiger partial charge in [0.25, 0.3) is 0 Å². The number of hydrogen-bond donors (Lipinski definition) is 0. The van der Waals surface area contributed by atoms with E-state index in [9.17, 15) is 0 Å². The molecule has 0 saturated heterocycles. The Morgan fingerprint density at radius 2 is 0.700 bits per heavy atom. The Bertz CT molecular complexity index is 2350. The van der Waals surface area contributed by atoms with E-state index in [0.717, 1.165) is 33.8 Å². The molecule has 0 aromatic heterocycles. The quantitative estimate of drug-likeness (QED) is 0.150. The number of hydrogen-bond acceptors (Lipinski definition) is 3. The second kappa shape index (κ2) is 15.9. The second-order valence-electron chi connectivity index (χ2n) is 23.1. The van der Waals surface area contributed by atoms with Gasteiger partial charge in [-0.15, -0.1) is 0 Å². The molecule has 0 N–H and O–H groups in total. The lowest BCUT2D eigenvalue weighted by molar-refractivity contribution is 0.378. The van der Waals surface area contributed by atoms with Crippen molar-refractivity contribution in [2.24, 2.45) is 0 Å². The Kier molecular flexibility index (Phi) is 11.9. The molecule has 60 heavy (non-hydrogen) atoms. The van der Waals surface area contributed by atoms with Crippen molar-refractivity contribution < 1.29 is 13.6 Å². The first-order valence-electron chi connectivity index (χ1n) is 21.8. The van der Waals surface area contributed by atoms with Gasteiger partial charge in [-0.1, -0.05) is 191 Å². The van der Waals surface area contributed by atoms with E-state index < -0.39 is 8.60 Å². The lowest BCUT2D eigenvalue weighted by atomic mass is 9.76. The van der Waals surface area contributed by atoms with Crippen molar-refractivity contribution in [3.05, 3.63) is 137 Å². The highest BCUT2D eigenvalue weighted by Gasteiger charge is 2.32. The molecule has 0 bridgehead atoms. The Hall–Kier alpha value is -4.33. The van der Waals surface area contributed by atoms with E-state index in [-0.39, 0.29) is 32.5 Å². The third-order valence-electron chi connectivity index (χ3n) is 11.6. The molecule has 0 heterocycles. The van der Waals surface area contributed by atoms with Crippen molar-refractivity contribution in [2.45, 2.75) is 157 Å². The smallest absolute Gasteiger partial charge is 0.409 e. The summed E-state index contributed by atoms with van der Waals surface area (Å²) >= 11 is 0. The summed E-state index contributed by atoms with van der Waals surface area (Å²) in [5.41, 5.74) is 9.12. The zero-order chi connectivity index (χ0) is 44.4. The van der Waals surface area contributed by atoms with Crippen LogP contribution in [-0.4, -0.2) is 0 Å². The summed E-state index contributed by atoms with van der Waals surface area (Å²) in [6.07, 6.45) is 0. The van der Waals surface area contributed by atoms with E-state index in [0.29, 0.717) is 5.75 Å². The summed E-state index contributed by atoms with van der Waals surface area (Å²) in [6, 6.07) is 37.4. The zero-order valence-corrected chi connectivity index (χ0v) is 40.9. The molecule has 0 amide bonds. The molecule has 6 aromatic carbocycles. The lowest BCUT2D eigenvalue weighted by Crippen LogP contribution is -2.19.